The Balaban J connectivity index is 2.19. The molecule has 0 amide bonds. The Labute approximate surface area is 147 Å². The molecule has 24 heavy (non-hydrogen) atoms. The Morgan fingerprint density at radius 2 is 1.79 bits per heavy atom. The highest BCUT2D eigenvalue weighted by atomic mass is 32.2. The number of nitrogens with zero attached hydrogens (tertiary/aromatic N) is 1. The highest BCUT2D eigenvalue weighted by Crippen LogP contribution is 2.40. The molecule has 1 fully saturated rings. The molecule has 0 aromatic heterocycles. The minimum absolute atomic E-state index is 0.0492. The molecule has 5 nitrogen and oxygen atoms in total. The minimum atomic E-state index is -3.96. The normalized spacial score (nSPS) is 14.6. The third-order valence-electron chi connectivity index (χ3n) is 3.91. The molecule has 1 saturated heterocycles. The van der Waals surface area contributed by atoms with E-state index in [0.717, 1.165) is 25.9 Å². The van der Waals surface area contributed by atoms with Gasteiger partial charge in [0.1, 0.15) is 10.6 Å². The number of ether oxygens (including phenoxy) is 1. The Bertz CT molecular complexity index is 846. The van der Waals surface area contributed by atoms with Crippen molar-refractivity contribution < 1.29 is 13.2 Å². The predicted octanol–water partition coefficient (Wildman–Crippen LogP) is 3.07. The summed E-state index contributed by atoms with van der Waals surface area (Å²) in [7, 11) is -3.96. The van der Waals surface area contributed by atoms with Gasteiger partial charge in [0.05, 0.1) is 5.69 Å². The lowest BCUT2D eigenvalue weighted by molar-refractivity contribution is 0.467. The molecular weight excluding hydrogens is 344 g/mol. The van der Waals surface area contributed by atoms with Crippen molar-refractivity contribution in [2.45, 2.75) is 17.7 Å². The second-order valence-electron chi connectivity index (χ2n) is 5.64. The van der Waals surface area contributed by atoms with Gasteiger partial charge in [-0.2, -0.15) is 0 Å². The summed E-state index contributed by atoms with van der Waals surface area (Å²) >= 11 is 4.99. The van der Waals surface area contributed by atoms with Crippen molar-refractivity contribution in [3.05, 3.63) is 48.0 Å². The Hall–Kier alpha value is -1.96. The highest BCUT2D eigenvalue weighted by Gasteiger charge is 2.25. The van der Waals surface area contributed by atoms with Gasteiger partial charge in [0.2, 0.25) is 10.0 Å². The molecule has 7 heteroatoms. The monoisotopic (exact) mass is 362 g/mol. The smallest absolute Gasteiger partial charge is 0.241 e. The van der Waals surface area contributed by atoms with Crippen LogP contribution >= 0.6 is 12.2 Å². The van der Waals surface area contributed by atoms with Crippen molar-refractivity contribution in [1.29, 1.82) is 0 Å². The van der Waals surface area contributed by atoms with E-state index in [-0.39, 0.29) is 10.6 Å². The van der Waals surface area contributed by atoms with Crippen molar-refractivity contribution in [2.24, 2.45) is 5.14 Å². The number of nitrogens with two attached hydrogens (primary N) is 1. The number of benzene rings is 2. The molecule has 1 aliphatic heterocycles. The van der Waals surface area contributed by atoms with Gasteiger partial charge in [-0.15, -0.1) is 0 Å². The fraction of sp³-hybridized carbons (Fsp3) is 0.235. The van der Waals surface area contributed by atoms with Crippen LogP contribution in [-0.4, -0.2) is 26.9 Å². The number of primary sulfonamides is 1. The van der Waals surface area contributed by atoms with Crippen LogP contribution in [-0.2, 0) is 10.0 Å². The first-order valence-electron chi connectivity index (χ1n) is 7.63. The largest absolute Gasteiger partial charge is 0.454 e. The van der Waals surface area contributed by atoms with Gasteiger partial charge < -0.3 is 9.64 Å². The number of para-hydroxylation sites is 1. The van der Waals surface area contributed by atoms with Crippen LogP contribution in [0.2, 0.25) is 0 Å². The average molecular weight is 362 g/mol. The van der Waals surface area contributed by atoms with Crippen LogP contribution in [0.15, 0.2) is 47.4 Å². The summed E-state index contributed by atoms with van der Waals surface area (Å²) in [5.74, 6) is 0.809. The SMILES string of the molecule is NS(=O)(=O)c1cc(C=S)cc(N2CCCC2)c1Oc1ccccc1. The highest BCUT2D eigenvalue weighted by molar-refractivity contribution is 7.89. The minimum Gasteiger partial charge on any atom is -0.454 e. The van der Waals surface area contributed by atoms with Gasteiger partial charge in [0, 0.05) is 18.5 Å². The molecule has 0 saturated carbocycles. The maximum absolute atomic E-state index is 12.1. The van der Waals surface area contributed by atoms with Gasteiger partial charge in [0.25, 0.3) is 0 Å². The molecule has 0 bridgehead atoms. The van der Waals surface area contributed by atoms with E-state index in [1.807, 2.05) is 24.3 Å². The topological polar surface area (TPSA) is 72.6 Å². The van der Waals surface area contributed by atoms with E-state index < -0.39 is 10.0 Å². The fourth-order valence-corrected chi connectivity index (χ4v) is 3.63. The van der Waals surface area contributed by atoms with Crippen LogP contribution in [0.1, 0.15) is 18.4 Å². The molecule has 1 aliphatic rings. The molecule has 3 rings (SSSR count). The first kappa shape index (κ1) is 16.9. The maximum Gasteiger partial charge on any atom is 0.241 e. The number of hydrogen-bond acceptors (Lipinski definition) is 5. The number of thiocarbonyl (C=S) groups is 1. The molecular formula is C17H18N2O3S2. The number of hydrogen-bond donors (Lipinski definition) is 1. The second-order valence-corrected chi connectivity index (χ2v) is 7.40. The zero-order valence-corrected chi connectivity index (χ0v) is 14.6. The third kappa shape index (κ3) is 3.58. The van der Waals surface area contributed by atoms with Crippen molar-refractivity contribution in [2.75, 3.05) is 18.0 Å². The first-order chi connectivity index (χ1) is 11.5. The molecule has 0 spiro atoms. The molecule has 0 radical (unpaired) electrons. The number of anilines is 1. The summed E-state index contributed by atoms with van der Waals surface area (Å²) in [6, 6.07) is 12.4. The molecule has 2 N–H and O–H groups in total. The molecule has 2 aromatic carbocycles. The lowest BCUT2D eigenvalue weighted by atomic mass is 10.2. The van der Waals surface area contributed by atoms with E-state index in [0.29, 0.717) is 17.0 Å². The van der Waals surface area contributed by atoms with Crippen LogP contribution in [0.3, 0.4) is 0 Å². The fourth-order valence-electron chi connectivity index (χ4n) is 2.79. The average Bonchev–Trinajstić information content (AvgIpc) is 3.09. The van der Waals surface area contributed by atoms with Crippen molar-refractivity contribution in [3.8, 4) is 11.5 Å². The van der Waals surface area contributed by atoms with Gasteiger partial charge in [-0.25, -0.2) is 13.6 Å². The van der Waals surface area contributed by atoms with Crippen LogP contribution in [0.25, 0.3) is 0 Å². The lowest BCUT2D eigenvalue weighted by Gasteiger charge is -2.23. The van der Waals surface area contributed by atoms with Crippen LogP contribution in [0.5, 0.6) is 11.5 Å². The molecule has 2 aromatic rings. The summed E-state index contributed by atoms with van der Waals surface area (Å²) in [4.78, 5) is 2.06. The Kier molecular flexibility index (Phi) is 4.84. The Morgan fingerprint density at radius 1 is 1.12 bits per heavy atom. The summed E-state index contributed by atoms with van der Waals surface area (Å²) in [5.41, 5.74) is 1.33. The molecule has 0 unspecified atom stereocenters. The number of sulfonamides is 1. The standard InChI is InChI=1S/C17H18N2O3S2/c18-24(20,21)16-11-13(12-23)10-15(19-8-4-5-9-19)17(16)22-14-6-2-1-3-7-14/h1-3,6-7,10-12H,4-5,8-9H2,(H2,18,20,21). The second kappa shape index (κ2) is 6.88. The third-order valence-corrected chi connectivity index (χ3v) is 5.10. The number of rotatable bonds is 5. The van der Waals surface area contributed by atoms with Gasteiger partial charge in [0.15, 0.2) is 5.75 Å². The summed E-state index contributed by atoms with van der Waals surface area (Å²) in [6.07, 6.45) is 2.11. The van der Waals surface area contributed by atoms with Crippen molar-refractivity contribution >= 4 is 33.3 Å². The maximum atomic E-state index is 12.1. The zero-order valence-electron chi connectivity index (χ0n) is 13.0. The van der Waals surface area contributed by atoms with Crippen LogP contribution < -0.4 is 14.8 Å². The van der Waals surface area contributed by atoms with E-state index >= 15 is 0 Å². The van der Waals surface area contributed by atoms with E-state index in [2.05, 4.69) is 4.90 Å². The van der Waals surface area contributed by atoms with Crippen molar-refractivity contribution in [3.63, 3.8) is 0 Å². The molecule has 0 aliphatic carbocycles. The Morgan fingerprint density at radius 3 is 2.38 bits per heavy atom. The van der Waals surface area contributed by atoms with Gasteiger partial charge >= 0.3 is 0 Å². The molecule has 1 heterocycles. The molecule has 0 atom stereocenters. The van der Waals surface area contributed by atoms with Gasteiger partial charge in [-0.05, 0) is 42.7 Å². The summed E-state index contributed by atoms with van der Waals surface area (Å²) < 4.78 is 30.2. The van der Waals surface area contributed by atoms with Crippen molar-refractivity contribution in [1.82, 2.24) is 0 Å². The van der Waals surface area contributed by atoms with E-state index in [1.54, 1.807) is 12.1 Å². The van der Waals surface area contributed by atoms with Gasteiger partial charge in [-0.1, -0.05) is 30.4 Å². The lowest BCUT2D eigenvalue weighted by Crippen LogP contribution is -2.21. The van der Waals surface area contributed by atoms with Gasteiger partial charge in [-0.3, -0.25) is 0 Å². The van der Waals surface area contributed by atoms with Crippen LogP contribution in [0, 0.1) is 0 Å². The van der Waals surface area contributed by atoms with Crippen LogP contribution in [0.4, 0.5) is 5.69 Å². The summed E-state index contributed by atoms with van der Waals surface area (Å²) in [5, 5.41) is 6.87. The van der Waals surface area contributed by atoms with E-state index in [9.17, 15) is 8.42 Å². The predicted molar refractivity (Wildman–Crippen MR) is 98.5 cm³/mol. The summed E-state index contributed by atoms with van der Waals surface area (Å²) in [6.45, 7) is 1.69. The van der Waals surface area contributed by atoms with E-state index in [4.69, 9.17) is 22.1 Å². The van der Waals surface area contributed by atoms with E-state index in [1.165, 1.54) is 11.4 Å². The first-order valence-corrected chi connectivity index (χ1v) is 9.64. The quantitative estimate of drug-likeness (QED) is 0.828. The zero-order chi connectivity index (χ0) is 17.2. The molecule has 126 valence electrons.